The highest BCUT2D eigenvalue weighted by Gasteiger charge is 2.33. The Morgan fingerprint density at radius 2 is 2.08 bits per heavy atom. The molecule has 2 rings (SSSR count). The second kappa shape index (κ2) is 7.87. The maximum absolute atomic E-state index is 12.8. The van der Waals surface area contributed by atoms with Gasteiger partial charge in [0.25, 0.3) is 5.91 Å². The van der Waals surface area contributed by atoms with Gasteiger partial charge in [-0.15, -0.1) is 0 Å². The number of anilines is 1. The summed E-state index contributed by atoms with van der Waals surface area (Å²) >= 11 is 0. The molecule has 134 valence electrons. The van der Waals surface area contributed by atoms with E-state index in [4.69, 9.17) is 4.74 Å². The van der Waals surface area contributed by atoms with Gasteiger partial charge in [0, 0.05) is 39.3 Å². The molecule has 8 heteroatoms. The number of nitrogens with zero attached hydrogens (tertiary/aromatic N) is 4. The third kappa shape index (κ3) is 4.00. The van der Waals surface area contributed by atoms with Gasteiger partial charge in [-0.2, -0.15) is 0 Å². The van der Waals surface area contributed by atoms with Gasteiger partial charge in [-0.3, -0.25) is 4.79 Å². The molecule has 1 amide bonds. The van der Waals surface area contributed by atoms with Crippen LogP contribution in [0.25, 0.3) is 0 Å². The molecule has 1 aliphatic rings. The molecular weight excluding hydrogens is 312 g/mol. The van der Waals surface area contributed by atoms with E-state index in [2.05, 4.69) is 9.97 Å². The number of amides is 1. The van der Waals surface area contributed by atoms with Crippen LogP contribution in [0.2, 0.25) is 0 Å². The molecule has 0 aliphatic carbocycles. The van der Waals surface area contributed by atoms with E-state index >= 15 is 0 Å². The predicted octanol–water partition coefficient (Wildman–Crippen LogP) is -0.319. The lowest BCUT2D eigenvalue weighted by Crippen LogP contribution is -2.49. The Morgan fingerprint density at radius 1 is 1.38 bits per heavy atom. The SMILES string of the molecule is CCN(C[C@@H]1COC[C@@H](O)[C@H]1O)C(=O)c1cnc(N(C)C)nc1C. The Bertz CT molecular complexity index is 581. The summed E-state index contributed by atoms with van der Waals surface area (Å²) in [4.78, 5) is 24.7. The predicted molar refractivity (Wildman–Crippen MR) is 89.0 cm³/mol. The van der Waals surface area contributed by atoms with Crippen LogP contribution in [0.3, 0.4) is 0 Å². The molecule has 0 spiro atoms. The molecule has 8 nitrogen and oxygen atoms in total. The minimum Gasteiger partial charge on any atom is -0.390 e. The molecule has 0 bridgehead atoms. The average molecular weight is 338 g/mol. The first-order valence-corrected chi connectivity index (χ1v) is 8.09. The maximum Gasteiger partial charge on any atom is 0.257 e. The number of ether oxygens (including phenoxy) is 1. The summed E-state index contributed by atoms with van der Waals surface area (Å²) in [6.45, 7) is 4.87. The number of hydrogen-bond donors (Lipinski definition) is 2. The van der Waals surface area contributed by atoms with Crippen molar-refractivity contribution >= 4 is 11.9 Å². The molecule has 3 atom stereocenters. The largest absolute Gasteiger partial charge is 0.390 e. The summed E-state index contributed by atoms with van der Waals surface area (Å²) in [6, 6.07) is 0. The molecule has 0 radical (unpaired) electrons. The van der Waals surface area contributed by atoms with Crippen LogP contribution in [0.5, 0.6) is 0 Å². The number of aromatic nitrogens is 2. The average Bonchev–Trinajstić information content (AvgIpc) is 2.55. The zero-order valence-electron chi connectivity index (χ0n) is 14.6. The fraction of sp³-hybridized carbons (Fsp3) is 0.688. The number of carbonyl (C=O) groups excluding carboxylic acids is 1. The molecule has 2 N–H and O–H groups in total. The summed E-state index contributed by atoms with van der Waals surface area (Å²) in [5.74, 6) is 0.0406. The Labute approximate surface area is 142 Å². The Kier molecular flexibility index (Phi) is 6.09. The number of aryl methyl sites for hydroxylation is 1. The van der Waals surface area contributed by atoms with E-state index < -0.39 is 12.2 Å². The van der Waals surface area contributed by atoms with Crippen LogP contribution in [0.4, 0.5) is 5.95 Å². The second-order valence-corrected chi connectivity index (χ2v) is 6.26. The van der Waals surface area contributed by atoms with Crippen LogP contribution in [-0.4, -0.2) is 83.6 Å². The normalized spacial score (nSPS) is 23.8. The summed E-state index contributed by atoms with van der Waals surface area (Å²) in [5.41, 5.74) is 1.05. The van der Waals surface area contributed by atoms with E-state index in [9.17, 15) is 15.0 Å². The summed E-state index contributed by atoms with van der Waals surface area (Å²) in [6.07, 6.45) is -0.276. The molecular formula is C16H26N4O4. The molecule has 1 saturated heterocycles. The number of rotatable bonds is 5. The van der Waals surface area contributed by atoms with Crippen molar-refractivity contribution in [1.82, 2.24) is 14.9 Å². The monoisotopic (exact) mass is 338 g/mol. The topological polar surface area (TPSA) is 99.0 Å². The van der Waals surface area contributed by atoms with E-state index in [1.807, 2.05) is 21.0 Å². The van der Waals surface area contributed by atoms with Crippen LogP contribution in [-0.2, 0) is 4.74 Å². The third-order valence-electron chi connectivity index (χ3n) is 4.22. The minimum atomic E-state index is -0.915. The van der Waals surface area contributed by atoms with E-state index in [1.54, 1.807) is 16.7 Å². The summed E-state index contributed by atoms with van der Waals surface area (Å²) in [7, 11) is 3.68. The number of aliphatic hydroxyl groups excluding tert-OH is 2. The smallest absolute Gasteiger partial charge is 0.257 e. The second-order valence-electron chi connectivity index (χ2n) is 6.26. The molecule has 0 unspecified atom stereocenters. The van der Waals surface area contributed by atoms with Crippen molar-refractivity contribution in [3.8, 4) is 0 Å². The standard InChI is InChI=1S/C16H26N4O4/c1-5-20(7-11-8-24-9-13(21)14(11)22)15(23)12-6-17-16(19(3)4)18-10(12)2/h6,11,13-14,21-22H,5,7-9H2,1-4H3/t11-,13-,14+/m1/s1. The van der Waals surface area contributed by atoms with Gasteiger partial charge in [0.2, 0.25) is 5.95 Å². The lowest BCUT2D eigenvalue weighted by Gasteiger charge is -2.35. The van der Waals surface area contributed by atoms with Gasteiger partial charge in [-0.05, 0) is 13.8 Å². The highest BCUT2D eigenvalue weighted by atomic mass is 16.5. The highest BCUT2D eigenvalue weighted by Crippen LogP contribution is 2.19. The fourth-order valence-corrected chi connectivity index (χ4v) is 2.70. The lowest BCUT2D eigenvalue weighted by atomic mass is 9.95. The number of aliphatic hydroxyl groups is 2. The lowest BCUT2D eigenvalue weighted by molar-refractivity contribution is -0.123. The van der Waals surface area contributed by atoms with Gasteiger partial charge in [0.1, 0.15) is 6.10 Å². The van der Waals surface area contributed by atoms with Crippen molar-refractivity contribution in [2.45, 2.75) is 26.1 Å². The van der Waals surface area contributed by atoms with E-state index in [1.165, 1.54) is 6.20 Å². The van der Waals surface area contributed by atoms with E-state index in [0.29, 0.717) is 36.9 Å². The van der Waals surface area contributed by atoms with Gasteiger partial charge in [-0.1, -0.05) is 0 Å². The van der Waals surface area contributed by atoms with Crippen LogP contribution in [0, 0.1) is 12.8 Å². The molecule has 2 heterocycles. The van der Waals surface area contributed by atoms with Crippen LogP contribution >= 0.6 is 0 Å². The zero-order chi connectivity index (χ0) is 17.9. The van der Waals surface area contributed by atoms with Crippen molar-refractivity contribution in [1.29, 1.82) is 0 Å². The number of carbonyl (C=O) groups is 1. The van der Waals surface area contributed by atoms with Gasteiger partial charge in [-0.25, -0.2) is 9.97 Å². The van der Waals surface area contributed by atoms with Gasteiger partial charge in [0.15, 0.2) is 0 Å². The van der Waals surface area contributed by atoms with Gasteiger partial charge < -0.3 is 24.7 Å². The molecule has 0 saturated carbocycles. The number of hydrogen-bond acceptors (Lipinski definition) is 7. The Morgan fingerprint density at radius 3 is 2.67 bits per heavy atom. The van der Waals surface area contributed by atoms with Crippen LogP contribution < -0.4 is 4.90 Å². The first-order valence-electron chi connectivity index (χ1n) is 8.09. The Hall–Kier alpha value is -1.77. The van der Waals surface area contributed by atoms with Crippen molar-refractivity contribution in [3.05, 3.63) is 17.5 Å². The molecule has 1 aromatic rings. The first kappa shape index (κ1) is 18.6. The maximum atomic E-state index is 12.8. The van der Waals surface area contributed by atoms with Crippen molar-refractivity contribution in [2.24, 2.45) is 5.92 Å². The Balaban J connectivity index is 2.14. The fourth-order valence-electron chi connectivity index (χ4n) is 2.70. The third-order valence-corrected chi connectivity index (χ3v) is 4.22. The summed E-state index contributed by atoms with van der Waals surface area (Å²) in [5, 5.41) is 19.8. The highest BCUT2D eigenvalue weighted by molar-refractivity contribution is 5.95. The summed E-state index contributed by atoms with van der Waals surface area (Å²) < 4.78 is 5.28. The van der Waals surface area contributed by atoms with Crippen molar-refractivity contribution in [2.75, 3.05) is 45.3 Å². The van der Waals surface area contributed by atoms with Crippen LogP contribution in [0.1, 0.15) is 23.0 Å². The van der Waals surface area contributed by atoms with Crippen molar-refractivity contribution in [3.63, 3.8) is 0 Å². The molecule has 24 heavy (non-hydrogen) atoms. The van der Waals surface area contributed by atoms with Crippen molar-refractivity contribution < 1.29 is 19.7 Å². The molecule has 1 fully saturated rings. The van der Waals surface area contributed by atoms with Gasteiger partial charge >= 0.3 is 0 Å². The van der Waals surface area contributed by atoms with E-state index in [-0.39, 0.29) is 18.4 Å². The first-order chi connectivity index (χ1) is 11.3. The molecule has 1 aliphatic heterocycles. The quantitative estimate of drug-likeness (QED) is 0.759. The van der Waals surface area contributed by atoms with Crippen LogP contribution in [0.15, 0.2) is 6.20 Å². The zero-order valence-corrected chi connectivity index (χ0v) is 14.6. The minimum absolute atomic E-state index is 0.122. The molecule has 1 aromatic heterocycles. The van der Waals surface area contributed by atoms with E-state index in [0.717, 1.165) is 0 Å². The van der Waals surface area contributed by atoms with Gasteiger partial charge in [0.05, 0.1) is 30.6 Å². The molecule has 0 aromatic carbocycles.